The average Bonchev–Trinajstić information content (AvgIpc) is 2.97. The number of aromatic nitrogens is 2. The van der Waals surface area contributed by atoms with E-state index in [-0.39, 0.29) is 5.75 Å². The fraction of sp³-hybridized carbons (Fsp3) is 0.118. The normalized spacial score (nSPS) is 11.6. The Morgan fingerprint density at radius 1 is 1.00 bits per heavy atom. The molecule has 0 saturated carbocycles. The summed E-state index contributed by atoms with van der Waals surface area (Å²) in [4.78, 5) is 4.20. The zero-order chi connectivity index (χ0) is 16.4. The largest absolute Gasteiger partial charge is 0.508 e. The first kappa shape index (κ1) is 15.1. The summed E-state index contributed by atoms with van der Waals surface area (Å²) in [5.74, 6) is 0.710. The Morgan fingerprint density at radius 3 is 2.35 bits per heavy atom. The molecule has 0 fully saturated rings. The summed E-state index contributed by atoms with van der Waals surface area (Å²) in [6.07, 6.45) is -1.06. The second-order valence-corrected chi connectivity index (χ2v) is 5.08. The quantitative estimate of drug-likeness (QED) is 0.781. The molecule has 0 aliphatic carbocycles. The SMILES string of the molecule is Oc1ccccc1Cn1ccnc1-c1ccc(C(F)(F)F)cc1. The lowest BCUT2D eigenvalue weighted by molar-refractivity contribution is -0.137. The van der Waals surface area contributed by atoms with E-state index >= 15 is 0 Å². The summed E-state index contributed by atoms with van der Waals surface area (Å²) < 4.78 is 39.6. The number of phenolic OH excluding ortho intramolecular Hbond substituents is 1. The highest BCUT2D eigenvalue weighted by Crippen LogP contribution is 2.31. The van der Waals surface area contributed by atoms with E-state index in [2.05, 4.69) is 4.98 Å². The second-order valence-electron chi connectivity index (χ2n) is 5.08. The van der Waals surface area contributed by atoms with Crippen molar-refractivity contribution in [2.24, 2.45) is 0 Å². The molecule has 0 saturated heterocycles. The van der Waals surface area contributed by atoms with Gasteiger partial charge in [0.25, 0.3) is 0 Å². The van der Waals surface area contributed by atoms with Gasteiger partial charge in [0.2, 0.25) is 0 Å². The molecule has 1 N–H and O–H groups in total. The van der Waals surface area contributed by atoms with Crippen LogP contribution in [0.25, 0.3) is 11.4 Å². The van der Waals surface area contributed by atoms with Crippen molar-refractivity contribution < 1.29 is 18.3 Å². The number of halogens is 3. The second kappa shape index (κ2) is 5.79. The third-order valence-electron chi connectivity index (χ3n) is 3.52. The van der Waals surface area contributed by atoms with Gasteiger partial charge < -0.3 is 9.67 Å². The summed E-state index contributed by atoms with van der Waals surface area (Å²) >= 11 is 0. The van der Waals surface area contributed by atoms with Gasteiger partial charge in [0.05, 0.1) is 12.1 Å². The van der Waals surface area contributed by atoms with E-state index in [1.165, 1.54) is 12.1 Å². The number of para-hydroxylation sites is 1. The predicted octanol–water partition coefficient (Wildman–Crippen LogP) is 4.32. The van der Waals surface area contributed by atoms with Gasteiger partial charge in [0, 0.05) is 23.5 Å². The first-order valence-corrected chi connectivity index (χ1v) is 6.91. The number of rotatable bonds is 3. The van der Waals surface area contributed by atoms with Crippen molar-refractivity contribution in [2.75, 3.05) is 0 Å². The number of alkyl halides is 3. The molecule has 23 heavy (non-hydrogen) atoms. The molecule has 0 bridgehead atoms. The van der Waals surface area contributed by atoms with E-state index < -0.39 is 11.7 Å². The van der Waals surface area contributed by atoms with Gasteiger partial charge >= 0.3 is 6.18 Å². The molecule has 0 radical (unpaired) electrons. The summed E-state index contributed by atoms with van der Waals surface area (Å²) in [6, 6.07) is 11.8. The van der Waals surface area contributed by atoms with Crippen LogP contribution in [0.15, 0.2) is 60.9 Å². The molecule has 1 heterocycles. The topological polar surface area (TPSA) is 38.0 Å². The minimum Gasteiger partial charge on any atom is -0.508 e. The predicted molar refractivity (Wildman–Crippen MR) is 79.9 cm³/mol. The molecule has 118 valence electrons. The molecule has 3 rings (SSSR count). The standard InChI is InChI=1S/C17H13F3N2O/c18-17(19,20)14-7-5-12(6-8-14)16-21-9-10-22(16)11-13-3-1-2-4-15(13)23/h1-10,23H,11H2. The van der Waals surface area contributed by atoms with E-state index in [4.69, 9.17) is 0 Å². The lowest BCUT2D eigenvalue weighted by Crippen LogP contribution is -2.05. The van der Waals surface area contributed by atoms with Crippen molar-refractivity contribution in [2.45, 2.75) is 12.7 Å². The minimum absolute atomic E-state index is 0.166. The van der Waals surface area contributed by atoms with Gasteiger partial charge in [-0.3, -0.25) is 0 Å². The number of hydrogen-bond donors (Lipinski definition) is 1. The molecule has 6 heteroatoms. The summed E-state index contributed by atoms with van der Waals surface area (Å²) in [5.41, 5.74) is 0.595. The highest BCUT2D eigenvalue weighted by Gasteiger charge is 2.30. The Morgan fingerprint density at radius 2 is 1.70 bits per heavy atom. The zero-order valence-electron chi connectivity index (χ0n) is 12.0. The maximum atomic E-state index is 12.6. The molecule has 0 aliphatic rings. The van der Waals surface area contributed by atoms with Gasteiger partial charge in [-0.1, -0.05) is 30.3 Å². The van der Waals surface area contributed by atoms with E-state index in [1.54, 1.807) is 35.2 Å². The van der Waals surface area contributed by atoms with Crippen LogP contribution in [-0.2, 0) is 12.7 Å². The van der Waals surface area contributed by atoms with Crippen LogP contribution in [0.2, 0.25) is 0 Å². The van der Waals surface area contributed by atoms with E-state index in [0.717, 1.165) is 12.1 Å². The van der Waals surface area contributed by atoms with Crippen LogP contribution < -0.4 is 0 Å². The van der Waals surface area contributed by atoms with E-state index in [1.807, 2.05) is 6.07 Å². The van der Waals surface area contributed by atoms with E-state index in [0.29, 0.717) is 23.5 Å². The number of nitrogens with zero attached hydrogens (tertiary/aromatic N) is 2. The van der Waals surface area contributed by atoms with Crippen LogP contribution >= 0.6 is 0 Å². The molecule has 0 aliphatic heterocycles. The van der Waals surface area contributed by atoms with Crippen molar-refractivity contribution in [3.8, 4) is 17.1 Å². The molecule has 2 aromatic carbocycles. The summed E-state index contributed by atoms with van der Waals surface area (Å²) in [5, 5.41) is 9.84. The smallest absolute Gasteiger partial charge is 0.416 e. The monoisotopic (exact) mass is 318 g/mol. The molecule has 3 nitrogen and oxygen atoms in total. The number of hydrogen-bond acceptors (Lipinski definition) is 2. The zero-order valence-corrected chi connectivity index (χ0v) is 12.0. The van der Waals surface area contributed by atoms with Gasteiger partial charge in [-0.25, -0.2) is 4.98 Å². The number of imidazole rings is 1. The fourth-order valence-electron chi connectivity index (χ4n) is 2.33. The van der Waals surface area contributed by atoms with Crippen LogP contribution in [0.4, 0.5) is 13.2 Å². The van der Waals surface area contributed by atoms with Crippen molar-refractivity contribution in [3.05, 3.63) is 72.1 Å². The van der Waals surface area contributed by atoms with Gasteiger partial charge in [-0.05, 0) is 18.2 Å². The van der Waals surface area contributed by atoms with Crippen LogP contribution in [0, 0.1) is 0 Å². The number of aromatic hydroxyl groups is 1. The maximum absolute atomic E-state index is 12.6. The molecule has 1 aromatic heterocycles. The Kier molecular flexibility index (Phi) is 3.82. The summed E-state index contributed by atoms with van der Waals surface area (Å²) in [6.45, 7) is 0.378. The van der Waals surface area contributed by atoms with Crippen LogP contribution in [0.5, 0.6) is 5.75 Å². The first-order valence-electron chi connectivity index (χ1n) is 6.91. The van der Waals surface area contributed by atoms with Crippen LogP contribution in [0.1, 0.15) is 11.1 Å². The average molecular weight is 318 g/mol. The minimum atomic E-state index is -4.36. The fourth-order valence-corrected chi connectivity index (χ4v) is 2.33. The molecular weight excluding hydrogens is 305 g/mol. The maximum Gasteiger partial charge on any atom is 0.416 e. The van der Waals surface area contributed by atoms with E-state index in [9.17, 15) is 18.3 Å². The first-order chi connectivity index (χ1) is 10.9. The third kappa shape index (κ3) is 3.21. The number of phenols is 1. The molecule has 0 unspecified atom stereocenters. The molecule has 0 spiro atoms. The highest BCUT2D eigenvalue weighted by atomic mass is 19.4. The third-order valence-corrected chi connectivity index (χ3v) is 3.52. The Labute approximate surface area is 130 Å². The molecule has 3 aromatic rings. The lowest BCUT2D eigenvalue weighted by atomic mass is 10.1. The van der Waals surface area contributed by atoms with Gasteiger partial charge in [0.15, 0.2) is 0 Å². The molecule has 0 atom stereocenters. The number of benzene rings is 2. The Hall–Kier alpha value is -2.76. The van der Waals surface area contributed by atoms with Crippen molar-refractivity contribution in [3.63, 3.8) is 0 Å². The lowest BCUT2D eigenvalue weighted by Gasteiger charge is -2.11. The van der Waals surface area contributed by atoms with Crippen LogP contribution in [0.3, 0.4) is 0 Å². The van der Waals surface area contributed by atoms with Crippen molar-refractivity contribution in [1.82, 2.24) is 9.55 Å². The van der Waals surface area contributed by atoms with Crippen molar-refractivity contribution in [1.29, 1.82) is 0 Å². The summed E-state index contributed by atoms with van der Waals surface area (Å²) in [7, 11) is 0. The van der Waals surface area contributed by atoms with Crippen LogP contribution in [-0.4, -0.2) is 14.7 Å². The Bertz CT molecular complexity index is 807. The highest BCUT2D eigenvalue weighted by molar-refractivity contribution is 5.56. The van der Waals surface area contributed by atoms with Gasteiger partial charge in [-0.15, -0.1) is 0 Å². The Balaban J connectivity index is 1.91. The van der Waals surface area contributed by atoms with Gasteiger partial charge in [-0.2, -0.15) is 13.2 Å². The molecular formula is C17H13F3N2O. The molecule has 0 amide bonds. The van der Waals surface area contributed by atoms with Crippen molar-refractivity contribution >= 4 is 0 Å². The van der Waals surface area contributed by atoms with Gasteiger partial charge in [0.1, 0.15) is 11.6 Å².